The SMILES string of the molecule is Cc1ccc(CCC(=O)NCC2(O)CCSCC2)o1. The zero-order valence-electron chi connectivity index (χ0n) is 11.3. The zero-order valence-corrected chi connectivity index (χ0v) is 12.1. The molecule has 0 atom stereocenters. The number of thioether (sulfide) groups is 1. The predicted octanol–water partition coefficient (Wildman–Crippen LogP) is 1.89. The molecule has 106 valence electrons. The first-order chi connectivity index (χ1) is 9.07. The van der Waals surface area contributed by atoms with Gasteiger partial charge in [0.2, 0.25) is 5.91 Å². The summed E-state index contributed by atoms with van der Waals surface area (Å²) in [5, 5.41) is 13.1. The molecule has 1 aliphatic heterocycles. The van der Waals surface area contributed by atoms with Crippen molar-refractivity contribution >= 4 is 17.7 Å². The Bertz CT molecular complexity index is 424. The Hall–Kier alpha value is -0.940. The van der Waals surface area contributed by atoms with Gasteiger partial charge in [0.05, 0.1) is 5.60 Å². The third-order valence-corrected chi connectivity index (χ3v) is 4.42. The monoisotopic (exact) mass is 283 g/mol. The van der Waals surface area contributed by atoms with Gasteiger partial charge in [-0.25, -0.2) is 0 Å². The molecule has 0 aliphatic carbocycles. The van der Waals surface area contributed by atoms with E-state index in [0.29, 0.717) is 19.4 Å². The third kappa shape index (κ3) is 4.58. The lowest BCUT2D eigenvalue weighted by molar-refractivity contribution is -0.122. The van der Waals surface area contributed by atoms with Crippen molar-refractivity contribution in [2.24, 2.45) is 0 Å². The predicted molar refractivity (Wildman–Crippen MR) is 76.3 cm³/mol. The second kappa shape index (κ2) is 6.48. The van der Waals surface area contributed by atoms with E-state index in [9.17, 15) is 9.90 Å². The molecule has 2 N–H and O–H groups in total. The zero-order chi connectivity index (χ0) is 13.7. The van der Waals surface area contributed by atoms with Crippen LogP contribution in [0.2, 0.25) is 0 Å². The molecule has 2 rings (SSSR count). The second-order valence-electron chi connectivity index (χ2n) is 5.13. The summed E-state index contributed by atoms with van der Waals surface area (Å²) in [7, 11) is 0. The van der Waals surface area contributed by atoms with E-state index in [-0.39, 0.29) is 5.91 Å². The Labute approximate surface area is 117 Å². The van der Waals surface area contributed by atoms with Crippen LogP contribution in [0, 0.1) is 6.92 Å². The maximum absolute atomic E-state index is 11.7. The topological polar surface area (TPSA) is 62.5 Å². The van der Waals surface area contributed by atoms with Crippen molar-refractivity contribution in [3.63, 3.8) is 0 Å². The molecular weight excluding hydrogens is 262 g/mol. The van der Waals surface area contributed by atoms with E-state index >= 15 is 0 Å². The minimum Gasteiger partial charge on any atom is -0.466 e. The van der Waals surface area contributed by atoms with E-state index in [4.69, 9.17) is 4.42 Å². The Kier molecular flexibility index (Phi) is 4.93. The molecule has 2 heterocycles. The lowest BCUT2D eigenvalue weighted by Crippen LogP contribution is -2.45. The van der Waals surface area contributed by atoms with Crippen molar-refractivity contribution in [1.29, 1.82) is 0 Å². The minimum atomic E-state index is -0.706. The first-order valence-corrected chi connectivity index (χ1v) is 7.85. The largest absolute Gasteiger partial charge is 0.466 e. The number of rotatable bonds is 5. The summed E-state index contributed by atoms with van der Waals surface area (Å²) < 4.78 is 5.42. The van der Waals surface area contributed by atoms with Crippen LogP contribution in [0.5, 0.6) is 0 Å². The number of carbonyl (C=O) groups is 1. The van der Waals surface area contributed by atoms with Gasteiger partial charge in [-0.3, -0.25) is 4.79 Å². The lowest BCUT2D eigenvalue weighted by Gasteiger charge is -2.31. The quantitative estimate of drug-likeness (QED) is 0.866. The van der Waals surface area contributed by atoms with Gasteiger partial charge < -0.3 is 14.8 Å². The van der Waals surface area contributed by atoms with E-state index in [1.165, 1.54) is 0 Å². The van der Waals surface area contributed by atoms with Crippen molar-refractivity contribution in [3.8, 4) is 0 Å². The molecule has 0 aromatic carbocycles. The van der Waals surface area contributed by atoms with E-state index in [0.717, 1.165) is 35.9 Å². The number of amides is 1. The van der Waals surface area contributed by atoms with Crippen LogP contribution in [0.1, 0.15) is 30.8 Å². The standard InChI is InChI=1S/C14H21NO3S/c1-11-2-3-12(18-11)4-5-13(16)15-10-14(17)6-8-19-9-7-14/h2-3,17H,4-10H2,1H3,(H,15,16). The molecule has 1 aromatic heterocycles. The maximum atomic E-state index is 11.7. The van der Waals surface area contributed by atoms with Gasteiger partial charge >= 0.3 is 0 Å². The molecular formula is C14H21NO3S. The number of hydrogen-bond acceptors (Lipinski definition) is 4. The van der Waals surface area contributed by atoms with Crippen molar-refractivity contribution < 1.29 is 14.3 Å². The summed E-state index contributed by atoms with van der Waals surface area (Å²) in [6.45, 7) is 2.25. The van der Waals surface area contributed by atoms with Crippen LogP contribution < -0.4 is 5.32 Å². The third-order valence-electron chi connectivity index (χ3n) is 3.43. The van der Waals surface area contributed by atoms with Gasteiger partial charge in [-0.1, -0.05) is 0 Å². The average Bonchev–Trinajstić information content (AvgIpc) is 2.81. The highest BCUT2D eigenvalue weighted by molar-refractivity contribution is 7.99. The van der Waals surface area contributed by atoms with Gasteiger partial charge in [0.15, 0.2) is 0 Å². The molecule has 19 heavy (non-hydrogen) atoms. The molecule has 0 spiro atoms. The lowest BCUT2D eigenvalue weighted by atomic mass is 9.97. The average molecular weight is 283 g/mol. The van der Waals surface area contributed by atoms with Crippen LogP contribution in [0.25, 0.3) is 0 Å². The van der Waals surface area contributed by atoms with Gasteiger partial charge in [-0.15, -0.1) is 0 Å². The van der Waals surface area contributed by atoms with Gasteiger partial charge in [-0.2, -0.15) is 11.8 Å². The molecule has 0 saturated carbocycles. The molecule has 1 saturated heterocycles. The molecule has 1 amide bonds. The van der Waals surface area contributed by atoms with E-state index in [1.54, 1.807) is 0 Å². The summed E-state index contributed by atoms with van der Waals surface area (Å²) in [6.07, 6.45) is 2.52. The van der Waals surface area contributed by atoms with Crippen molar-refractivity contribution in [3.05, 3.63) is 23.7 Å². The number of aryl methyl sites for hydroxylation is 2. The van der Waals surface area contributed by atoms with E-state index < -0.39 is 5.60 Å². The number of hydrogen-bond donors (Lipinski definition) is 2. The second-order valence-corrected chi connectivity index (χ2v) is 6.35. The minimum absolute atomic E-state index is 0.0271. The number of carbonyl (C=O) groups excluding carboxylic acids is 1. The Morgan fingerprint density at radius 2 is 2.21 bits per heavy atom. The van der Waals surface area contributed by atoms with Gasteiger partial charge in [0.25, 0.3) is 0 Å². The molecule has 1 aromatic rings. The van der Waals surface area contributed by atoms with Crippen LogP contribution in [-0.2, 0) is 11.2 Å². The van der Waals surface area contributed by atoms with Crippen LogP contribution in [0.3, 0.4) is 0 Å². The normalized spacial score (nSPS) is 18.2. The van der Waals surface area contributed by atoms with E-state index in [2.05, 4.69) is 5.32 Å². The van der Waals surface area contributed by atoms with Crippen molar-refractivity contribution in [1.82, 2.24) is 5.32 Å². The fraction of sp³-hybridized carbons (Fsp3) is 0.643. The molecule has 1 aliphatic rings. The maximum Gasteiger partial charge on any atom is 0.220 e. The fourth-order valence-corrected chi connectivity index (χ4v) is 3.39. The first kappa shape index (κ1) is 14.5. The Balaban J connectivity index is 1.69. The first-order valence-electron chi connectivity index (χ1n) is 6.70. The number of aliphatic hydroxyl groups is 1. The van der Waals surface area contributed by atoms with Crippen LogP contribution in [0.15, 0.2) is 16.5 Å². The highest BCUT2D eigenvalue weighted by atomic mass is 32.2. The van der Waals surface area contributed by atoms with Gasteiger partial charge in [0.1, 0.15) is 11.5 Å². The smallest absolute Gasteiger partial charge is 0.220 e. The Morgan fingerprint density at radius 3 is 2.84 bits per heavy atom. The molecule has 0 radical (unpaired) electrons. The van der Waals surface area contributed by atoms with Gasteiger partial charge in [-0.05, 0) is 43.4 Å². The molecule has 1 fully saturated rings. The highest BCUT2D eigenvalue weighted by Gasteiger charge is 2.29. The molecule has 4 nitrogen and oxygen atoms in total. The molecule has 5 heteroatoms. The summed E-state index contributed by atoms with van der Waals surface area (Å²) in [6, 6.07) is 3.80. The highest BCUT2D eigenvalue weighted by Crippen LogP contribution is 2.26. The van der Waals surface area contributed by atoms with Gasteiger partial charge in [0, 0.05) is 19.4 Å². The van der Waals surface area contributed by atoms with E-state index in [1.807, 2.05) is 30.8 Å². The molecule has 0 bridgehead atoms. The summed E-state index contributed by atoms with van der Waals surface area (Å²) >= 11 is 1.86. The number of nitrogens with one attached hydrogen (secondary N) is 1. The molecule has 0 unspecified atom stereocenters. The van der Waals surface area contributed by atoms with Crippen LogP contribution in [0.4, 0.5) is 0 Å². The summed E-state index contributed by atoms with van der Waals surface area (Å²) in [4.78, 5) is 11.7. The number of furan rings is 1. The van der Waals surface area contributed by atoms with Crippen LogP contribution >= 0.6 is 11.8 Å². The fourth-order valence-electron chi connectivity index (χ4n) is 2.14. The van der Waals surface area contributed by atoms with Crippen LogP contribution in [-0.4, -0.2) is 34.7 Å². The summed E-state index contributed by atoms with van der Waals surface area (Å²) in [5.41, 5.74) is -0.706. The summed E-state index contributed by atoms with van der Waals surface area (Å²) in [5.74, 6) is 3.61. The Morgan fingerprint density at radius 1 is 1.47 bits per heavy atom. The van der Waals surface area contributed by atoms with Crippen molar-refractivity contribution in [2.75, 3.05) is 18.1 Å². The van der Waals surface area contributed by atoms with Crippen molar-refractivity contribution in [2.45, 2.75) is 38.2 Å².